The van der Waals surface area contributed by atoms with E-state index in [1.165, 1.54) is 12.1 Å². The van der Waals surface area contributed by atoms with Gasteiger partial charge in [-0.25, -0.2) is 4.39 Å². The summed E-state index contributed by atoms with van der Waals surface area (Å²) in [6.45, 7) is 12.5. The summed E-state index contributed by atoms with van der Waals surface area (Å²) < 4.78 is 24.9. The van der Waals surface area contributed by atoms with E-state index in [-0.39, 0.29) is 18.0 Å². The van der Waals surface area contributed by atoms with Crippen LogP contribution < -0.4 is 5.32 Å². The van der Waals surface area contributed by atoms with Crippen molar-refractivity contribution in [3.63, 3.8) is 0 Å². The van der Waals surface area contributed by atoms with E-state index in [9.17, 15) is 4.39 Å². The molecule has 2 aliphatic heterocycles. The van der Waals surface area contributed by atoms with Crippen molar-refractivity contribution in [2.75, 3.05) is 53.0 Å². The van der Waals surface area contributed by atoms with Gasteiger partial charge in [-0.05, 0) is 30.5 Å². The molecular weight excluding hydrogens is 371 g/mol. The highest BCUT2D eigenvalue weighted by molar-refractivity contribution is 5.80. The van der Waals surface area contributed by atoms with Gasteiger partial charge < -0.3 is 19.7 Å². The number of hydrogen-bond donors (Lipinski definition) is 1. The van der Waals surface area contributed by atoms with Gasteiger partial charge in [0.05, 0.1) is 25.9 Å². The molecule has 6 nitrogen and oxygen atoms in total. The fraction of sp³-hybridized carbons (Fsp3) is 0.682. The van der Waals surface area contributed by atoms with Crippen molar-refractivity contribution >= 4 is 5.96 Å². The van der Waals surface area contributed by atoms with Crippen molar-refractivity contribution in [3.05, 3.63) is 35.6 Å². The van der Waals surface area contributed by atoms with Crippen molar-refractivity contribution in [1.82, 2.24) is 15.1 Å². The highest BCUT2D eigenvalue weighted by atomic mass is 19.1. The molecule has 0 aromatic heterocycles. The number of aliphatic imine (C=N–C) groups is 1. The topological polar surface area (TPSA) is 49.3 Å². The second kappa shape index (κ2) is 10.4. The Morgan fingerprint density at radius 3 is 2.52 bits per heavy atom. The fourth-order valence-electron chi connectivity index (χ4n) is 4.21. The van der Waals surface area contributed by atoms with Crippen molar-refractivity contribution < 1.29 is 13.9 Å². The van der Waals surface area contributed by atoms with Crippen LogP contribution in [-0.2, 0) is 9.47 Å². The Morgan fingerprint density at radius 2 is 1.90 bits per heavy atom. The smallest absolute Gasteiger partial charge is 0.193 e. The van der Waals surface area contributed by atoms with Gasteiger partial charge in [0.15, 0.2) is 5.96 Å². The normalized spacial score (nSPS) is 25.3. The first-order valence-corrected chi connectivity index (χ1v) is 10.7. The van der Waals surface area contributed by atoms with Crippen LogP contribution in [0.25, 0.3) is 0 Å². The molecule has 2 aliphatic rings. The highest BCUT2D eigenvalue weighted by Crippen LogP contribution is 2.25. The van der Waals surface area contributed by atoms with Crippen molar-refractivity contribution in [2.45, 2.75) is 39.0 Å². The van der Waals surface area contributed by atoms with E-state index < -0.39 is 0 Å². The van der Waals surface area contributed by atoms with Gasteiger partial charge in [-0.1, -0.05) is 26.0 Å². The summed E-state index contributed by atoms with van der Waals surface area (Å²) in [4.78, 5) is 9.30. The molecular formula is C22H35FN4O2. The third kappa shape index (κ3) is 5.90. The Labute approximate surface area is 174 Å². The van der Waals surface area contributed by atoms with E-state index in [1.807, 2.05) is 7.05 Å². The summed E-state index contributed by atoms with van der Waals surface area (Å²) in [6, 6.07) is 7.02. The molecule has 2 saturated heterocycles. The molecule has 0 bridgehead atoms. The predicted molar refractivity (Wildman–Crippen MR) is 114 cm³/mol. The average molecular weight is 407 g/mol. The Hall–Kier alpha value is -1.70. The molecule has 3 atom stereocenters. The van der Waals surface area contributed by atoms with E-state index in [1.54, 1.807) is 12.1 Å². The van der Waals surface area contributed by atoms with Crippen LogP contribution in [0.5, 0.6) is 0 Å². The minimum atomic E-state index is -0.227. The molecule has 0 saturated carbocycles. The third-order valence-corrected chi connectivity index (χ3v) is 5.77. The molecule has 0 aliphatic carbocycles. The molecule has 1 aromatic carbocycles. The maximum absolute atomic E-state index is 13.3. The molecule has 7 heteroatoms. The molecule has 162 valence electrons. The maximum Gasteiger partial charge on any atom is 0.193 e. The number of rotatable bonds is 5. The molecule has 3 rings (SSSR count). The summed E-state index contributed by atoms with van der Waals surface area (Å²) in [5, 5.41) is 3.60. The molecule has 0 spiro atoms. The van der Waals surface area contributed by atoms with Crippen LogP contribution in [-0.4, -0.2) is 80.9 Å². The second-order valence-corrected chi connectivity index (χ2v) is 8.28. The molecule has 1 aromatic rings. The van der Waals surface area contributed by atoms with Gasteiger partial charge in [-0.15, -0.1) is 0 Å². The SMILES string of the molecule is CN=C(NCC(C(C)C)N1CCOCC1)N1CC(C)OC(c2ccc(F)cc2)C1. The highest BCUT2D eigenvalue weighted by Gasteiger charge is 2.30. The van der Waals surface area contributed by atoms with Crippen LogP contribution in [0.4, 0.5) is 4.39 Å². The van der Waals surface area contributed by atoms with Gasteiger partial charge in [-0.3, -0.25) is 9.89 Å². The Balaban J connectivity index is 1.64. The number of nitrogens with one attached hydrogen (secondary N) is 1. The van der Waals surface area contributed by atoms with E-state index in [0.717, 1.165) is 50.9 Å². The number of nitrogens with zero attached hydrogens (tertiary/aromatic N) is 3. The monoisotopic (exact) mass is 406 g/mol. The maximum atomic E-state index is 13.3. The van der Waals surface area contributed by atoms with Gasteiger partial charge in [0.1, 0.15) is 11.9 Å². The second-order valence-electron chi connectivity index (χ2n) is 8.28. The lowest BCUT2D eigenvalue weighted by molar-refractivity contribution is -0.0606. The first kappa shape index (κ1) is 22.0. The average Bonchev–Trinajstić information content (AvgIpc) is 2.71. The molecule has 0 radical (unpaired) electrons. The van der Waals surface area contributed by atoms with E-state index >= 15 is 0 Å². The van der Waals surface area contributed by atoms with Crippen molar-refractivity contribution in [1.29, 1.82) is 0 Å². The van der Waals surface area contributed by atoms with Crippen LogP contribution in [0.1, 0.15) is 32.4 Å². The zero-order chi connectivity index (χ0) is 20.8. The first-order chi connectivity index (χ1) is 14.0. The zero-order valence-corrected chi connectivity index (χ0v) is 18.1. The zero-order valence-electron chi connectivity index (χ0n) is 18.1. The van der Waals surface area contributed by atoms with E-state index in [2.05, 4.69) is 40.9 Å². The lowest BCUT2D eigenvalue weighted by Gasteiger charge is -2.40. The van der Waals surface area contributed by atoms with Gasteiger partial charge >= 0.3 is 0 Å². The summed E-state index contributed by atoms with van der Waals surface area (Å²) in [5.41, 5.74) is 0.992. The predicted octanol–water partition coefficient (Wildman–Crippen LogP) is 2.52. The molecule has 2 fully saturated rings. The van der Waals surface area contributed by atoms with Gasteiger partial charge in [0, 0.05) is 39.3 Å². The van der Waals surface area contributed by atoms with E-state index in [0.29, 0.717) is 18.5 Å². The summed E-state index contributed by atoms with van der Waals surface area (Å²) in [7, 11) is 1.83. The number of halogens is 1. The molecule has 1 N–H and O–H groups in total. The van der Waals surface area contributed by atoms with Gasteiger partial charge in [-0.2, -0.15) is 0 Å². The summed E-state index contributed by atoms with van der Waals surface area (Å²) >= 11 is 0. The van der Waals surface area contributed by atoms with Gasteiger partial charge in [0.25, 0.3) is 0 Å². The number of ether oxygens (including phenoxy) is 2. The number of benzene rings is 1. The number of guanidine groups is 1. The van der Waals surface area contributed by atoms with Crippen LogP contribution in [0.15, 0.2) is 29.3 Å². The lowest BCUT2D eigenvalue weighted by Crippen LogP contribution is -2.55. The Kier molecular flexibility index (Phi) is 7.86. The van der Waals surface area contributed by atoms with Crippen LogP contribution in [0, 0.1) is 11.7 Å². The van der Waals surface area contributed by atoms with Crippen LogP contribution >= 0.6 is 0 Å². The van der Waals surface area contributed by atoms with Crippen molar-refractivity contribution in [3.8, 4) is 0 Å². The molecule has 2 heterocycles. The lowest BCUT2D eigenvalue weighted by atomic mass is 10.0. The number of morpholine rings is 2. The molecule has 3 unspecified atom stereocenters. The Morgan fingerprint density at radius 1 is 1.21 bits per heavy atom. The van der Waals surface area contributed by atoms with Crippen LogP contribution in [0.2, 0.25) is 0 Å². The third-order valence-electron chi connectivity index (χ3n) is 5.77. The number of hydrogen-bond acceptors (Lipinski definition) is 4. The summed E-state index contributed by atoms with van der Waals surface area (Å²) in [6.07, 6.45) is -0.0319. The van der Waals surface area contributed by atoms with E-state index in [4.69, 9.17) is 9.47 Å². The molecule has 0 amide bonds. The van der Waals surface area contributed by atoms with Crippen LogP contribution in [0.3, 0.4) is 0 Å². The largest absolute Gasteiger partial charge is 0.379 e. The quantitative estimate of drug-likeness (QED) is 0.602. The summed E-state index contributed by atoms with van der Waals surface area (Å²) in [5.74, 6) is 1.20. The van der Waals surface area contributed by atoms with Crippen molar-refractivity contribution in [2.24, 2.45) is 10.9 Å². The minimum Gasteiger partial charge on any atom is -0.379 e. The standard InChI is InChI=1S/C22H35FN4O2/c1-16(2)20(26-9-11-28-12-10-26)13-25-22(24-4)27-14-17(3)29-21(15-27)18-5-7-19(23)8-6-18/h5-8,16-17,20-21H,9-15H2,1-4H3,(H,24,25). The minimum absolute atomic E-state index is 0.0671. The first-order valence-electron chi connectivity index (χ1n) is 10.7. The molecule has 29 heavy (non-hydrogen) atoms. The fourth-order valence-corrected chi connectivity index (χ4v) is 4.21. The van der Waals surface area contributed by atoms with Gasteiger partial charge in [0.2, 0.25) is 0 Å². The Bertz CT molecular complexity index is 661.